The van der Waals surface area contributed by atoms with Gasteiger partial charge in [-0.3, -0.25) is 4.55 Å². The van der Waals surface area contributed by atoms with E-state index in [0.717, 1.165) is 31.2 Å². The molecule has 0 aromatic heterocycles. The van der Waals surface area contributed by atoms with Crippen molar-refractivity contribution in [1.82, 2.24) is 0 Å². The van der Waals surface area contributed by atoms with Crippen LogP contribution in [0.25, 0.3) is 0 Å². The van der Waals surface area contributed by atoms with Gasteiger partial charge in [0.2, 0.25) is 0 Å². The quantitative estimate of drug-likeness (QED) is 0.423. The molecule has 130 valence electrons. The zero-order valence-corrected chi connectivity index (χ0v) is 17.4. The first-order chi connectivity index (χ1) is 11.4. The summed E-state index contributed by atoms with van der Waals surface area (Å²) in [5.74, 6) is 0.610. The monoisotopic (exact) mass is 372 g/mol. The Labute approximate surface area is 171 Å². The van der Waals surface area contributed by atoms with Crippen molar-refractivity contribution in [1.29, 1.82) is 0 Å². The molecular weight excluding hydrogens is 351 g/mol. The summed E-state index contributed by atoms with van der Waals surface area (Å²) < 4.78 is 37.9. The standard InChI is InChI=1S/C18H22O5S.Na/c1-2-3-4-5-6-14-11-17(13-18(12-14)24(20,21)22)23-16-9-7-15(19)8-10-16;/h7-13,19H,2-6H2,1H3,(H,20,21,22);/q;+1/p-1. The van der Waals surface area contributed by atoms with Crippen LogP contribution in [0.2, 0.25) is 0 Å². The molecule has 7 heteroatoms. The van der Waals surface area contributed by atoms with Crippen LogP contribution in [0.15, 0.2) is 47.4 Å². The van der Waals surface area contributed by atoms with E-state index < -0.39 is 10.1 Å². The van der Waals surface area contributed by atoms with E-state index >= 15 is 0 Å². The van der Waals surface area contributed by atoms with E-state index in [1.54, 1.807) is 6.07 Å². The Morgan fingerprint density at radius 2 is 1.68 bits per heavy atom. The molecule has 0 aliphatic rings. The Balaban J connectivity index is 0.00000312. The smallest absolute Gasteiger partial charge is 0.872 e. The van der Waals surface area contributed by atoms with Crippen LogP contribution in [0, 0.1) is 0 Å². The van der Waals surface area contributed by atoms with Gasteiger partial charge in [-0.25, -0.2) is 0 Å². The molecule has 0 aliphatic carbocycles. The fraction of sp³-hybridized carbons (Fsp3) is 0.333. The molecule has 0 fully saturated rings. The van der Waals surface area contributed by atoms with Crippen molar-refractivity contribution in [2.45, 2.75) is 43.9 Å². The average Bonchev–Trinajstić information content (AvgIpc) is 2.53. The molecule has 0 amide bonds. The maximum atomic E-state index is 11.5. The van der Waals surface area contributed by atoms with Crippen molar-refractivity contribution in [2.24, 2.45) is 0 Å². The Bertz CT molecular complexity index is 773. The molecule has 0 heterocycles. The molecule has 25 heavy (non-hydrogen) atoms. The van der Waals surface area contributed by atoms with Gasteiger partial charge in [0, 0.05) is 6.07 Å². The van der Waals surface area contributed by atoms with Crippen LogP contribution in [0.3, 0.4) is 0 Å². The largest absolute Gasteiger partial charge is 1.00 e. The minimum atomic E-state index is -4.31. The van der Waals surface area contributed by atoms with Crippen molar-refractivity contribution in [3.63, 3.8) is 0 Å². The topological polar surface area (TPSA) is 86.7 Å². The van der Waals surface area contributed by atoms with Crippen molar-refractivity contribution in [3.05, 3.63) is 48.0 Å². The van der Waals surface area contributed by atoms with Gasteiger partial charge in [0.15, 0.2) is 0 Å². The summed E-state index contributed by atoms with van der Waals surface area (Å²) in [4.78, 5) is -0.189. The van der Waals surface area contributed by atoms with Gasteiger partial charge < -0.3 is 9.84 Å². The van der Waals surface area contributed by atoms with Crippen molar-refractivity contribution in [3.8, 4) is 17.2 Å². The minimum absolute atomic E-state index is 0. The van der Waals surface area contributed by atoms with E-state index in [1.165, 1.54) is 36.4 Å². The second-order valence-electron chi connectivity index (χ2n) is 5.67. The van der Waals surface area contributed by atoms with Crippen LogP contribution >= 0.6 is 0 Å². The molecule has 2 aromatic rings. The molecule has 0 spiro atoms. The number of benzene rings is 2. The van der Waals surface area contributed by atoms with Crippen LogP contribution in [0.5, 0.6) is 17.2 Å². The van der Waals surface area contributed by atoms with E-state index in [2.05, 4.69) is 6.92 Å². The molecule has 2 aromatic carbocycles. The van der Waals surface area contributed by atoms with Gasteiger partial charge in [0.25, 0.3) is 10.1 Å². The third-order valence-corrected chi connectivity index (χ3v) is 4.45. The minimum Gasteiger partial charge on any atom is -0.872 e. The first-order valence-electron chi connectivity index (χ1n) is 7.95. The molecule has 0 saturated heterocycles. The molecule has 5 nitrogen and oxygen atoms in total. The summed E-state index contributed by atoms with van der Waals surface area (Å²) in [7, 11) is -4.31. The maximum Gasteiger partial charge on any atom is 1.00 e. The fourth-order valence-electron chi connectivity index (χ4n) is 2.38. The molecule has 0 bridgehead atoms. The molecule has 0 atom stereocenters. The first-order valence-corrected chi connectivity index (χ1v) is 9.39. The third kappa shape index (κ3) is 7.38. The molecule has 0 unspecified atom stereocenters. The molecule has 0 aliphatic heterocycles. The van der Waals surface area contributed by atoms with Crippen LogP contribution in [-0.2, 0) is 16.5 Å². The Morgan fingerprint density at radius 1 is 1.00 bits per heavy atom. The Morgan fingerprint density at radius 3 is 2.28 bits per heavy atom. The average molecular weight is 372 g/mol. The molecular formula is C18H21NaO5S. The van der Waals surface area contributed by atoms with Gasteiger partial charge in [0.1, 0.15) is 11.5 Å². The summed E-state index contributed by atoms with van der Waals surface area (Å²) >= 11 is 0. The summed E-state index contributed by atoms with van der Waals surface area (Å²) in [5, 5.41) is 11.1. The van der Waals surface area contributed by atoms with Crippen molar-refractivity contribution < 1.29 is 52.4 Å². The van der Waals surface area contributed by atoms with Crippen LogP contribution in [0.4, 0.5) is 0 Å². The predicted octanol–water partition coefficient (Wildman–Crippen LogP) is 0.926. The first kappa shape index (κ1) is 22.0. The number of hydrogen-bond acceptors (Lipinski definition) is 4. The predicted molar refractivity (Wildman–Crippen MR) is 90.1 cm³/mol. The SMILES string of the molecule is CCCCCCc1cc(Oc2ccc([O-])cc2)cc(S(=O)(=O)O)c1.[Na+]. The van der Waals surface area contributed by atoms with Crippen molar-refractivity contribution in [2.75, 3.05) is 0 Å². The van der Waals surface area contributed by atoms with Gasteiger partial charge in [-0.05, 0) is 42.7 Å². The van der Waals surface area contributed by atoms with Crippen LogP contribution < -0.4 is 39.4 Å². The summed E-state index contributed by atoms with van der Waals surface area (Å²) in [5.41, 5.74) is 0.789. The van der Waals surface area contributed by atoms with Gasteiger partial charge in [-0.15, -0.1) is 5.75 Å². The number of ether oxygens (including phenoxy) is 1. The third-order valence-electron chi connectivity index (χ3n) is 3.62. The summed E-state index contributed by atoms with van der Waals surface area (Å²) in [6.07, 6.45) is 4.96. The van der Waals surface area contributed by atoms with E-state index in [4.69, 9.17) is 4.74 Å². The second-order valence-corrected chi connectivity index (χ2v) is 7.09. The molecule has 0 radical (unpaired) electrons. The summed E-state index contributed by atoms with van der Waals surface area (Å²) in [6.45, 7) is 2.12. The van der Waals surface area contributed by atoms with E-state index in [1.807, 2.05) is 0 Å². The second kappa shape index (κ2) is 10.2. The van der Waals surface area contributed by atoms with E-state index in [-0.39, 0.29) is 40.2 Å². The van der Waals surface area contributed by atoms with Crippen LogP contribution in [0.1, 0.15) is 38.2 Å². The van der Waals surface area contributed by atoms with Crippen molar-refractivity contribution >= 4 is 10.1 Å². The number of unbranched alkanes of at least 4 members (excludes halogenated alkanes) is 3. The molecule has 1 N–H and O–H groups in total. The normalized spacial score (nSPS) is 11.0. The van der Waals surface area contributed by atoms with Gasteiger partial charge in [0.05, 0.1) is 4.90 Å². The Kier molecular flexibility index (Phi) is 8.96. The Hall–Kier alpha value is -1.05. The van der Waals surface area contributed by atoms with Crippen LogP contribution in [-0.4, -0.2) is 13.0 Å². The number of hydrogen-bond donors (Lipinski definition) is 1. The number of rotatable bonds is 8. The zero-order valence-electron chi connectivity index (χ0n) is 14.6. The van der Waals surface area contributed by atoms with Gasteiger partial charge >= 0.3 is 29.6 Å². The fourth-order valence-corrected chi connectivity index (χ4v) is 2.95. The molecule has 0 saturated carbocycles. The van der Waals surface area contributed by atoms with E-state index in [0.29, 0.717) is 17.9 Å². The van der Waals surface area contributed by atoms with Gasteiger partial charge in [-0.1, -0.05) is 38.3 Å². The summed E-state index contributed by atoms with van der Waals surface area (Å²) in [6, 6.07) is 10.3. The molecule has 2 rings (SSSR count). The maximum absolute atomic E-state index is 11.5. The number of aryl methyl sites for hydroxylation is 1. The van der Waals surface area contributed by atoms with E-state index in [9.17, 15) is 18.1 Å². The zero-order chi connectivity index (χ0) is 17.6. The van der Waals surface area contributed by atoms with Gasteiger partial charge in [-0.2, -0.15) is 8.42 Å².